The van der Waals surface area contributed by atoms with Gasteiger partial charge < -0.3 is 0 Å². The van der Waals surface area contributed by atoms with Gasteiger partial charge in [-0.25, -0.2) is 0 Å². The van der Waals surface area contributed by atoms with Crippen LogP contribution in [0.25, 0.3) is 39.0 Å². The molecule has 0 bridgehead atoms. The average molecular weight is 783 g/mol. The third-order valence-electron chi connectivity index (χ3n) is 9.97. The molecule has 0 aliphatic carbocycles. The molecule has 0 N–H and O–H groups in total. The molecule has 310 valence electrons. The fourth-order valence-corrected chi connectivity index (χ4v) is 6.40. The lowest BCUT2D eigenvalue weighted by atomic mass is 9.83. The maximum Gasteiger partial charge on any atom is -0.00679 e. The third-order valence-corrected chi connectivity index (χ3v) is 9.97. The van der Waals surface area contributed by atoms with Gasteiger partial charge in [-0.2, -0.15) is 0 Å². The second-order valence-corrected chi connectivity index (χ2v) is 13.8. The highest BCUT2D eigenvalue weighted by Crippen LogP contribution is 2.40. The van der Waals surface area contributed by atoms with Crippen molar-refractivity contribution in [2.24, 2.45) is 0 Å². The van der Waals surface area contributed by atoms with E-state index in [4.69, 9.17) is 0 Å². The van der Waals surface area contributed by atoms with Crippen LogP contribution in [0.3, 0.4) is 0 Å². The summed E-state index contributed by atoms with van der Waals surface area (Å²) in [6, 6.07) is 54.1. The summed E-state index contributed by atoms with van der Waals surface area (Å²) in [6.45, 7) is 33.3. The molecule has 0 aliphatic rings. The van der Waals surface area contributed by atoms with Gasteiger partial charge in [0.25, 0.3) is 0 Å². The highest BCUT2D eigenvalue weighted by molar-refractivity contribution is 5.88. The summed E-state index contributed by atoms with van der Waals surface area (Å²) in [4.78, 5) is 0. The van der Waals surface area contributed by atoms with Crippen molar-refractivity contribution in [2.45, 2.75) is 101 Å². The van der Waals surface area contributed by atoms with Crippen LogP contribution in [0.4, 0.5) is 0 Å². The molecule has 2 unspecified atom stereocenters. The molecule has 0 amide bonds. The minimum Gasteiger partial charge on any atom is -0.106 e. The molecule has 0 spiro atoms. The van der Waals surface area contributed by atoms with Crippen molar-refractivity contribution in [2.75, 3.05) is 0 Å². The number of rotatable bonds is 10. The van der Waals surface area contributed by atoms with Crippen molar-refractivity contribution < 1.29 is 0 Å². The van der Waals surface area contributed by atoms with Crippen LogP contribution < -0.4 is 0 Å². The monoisotopic (exact) mass is 783 g/mol. The van der Waals surface area contributed by atoms with Crippen LogP contribution >= 0.6 is 0 Å². The van der Waals surface area contributed by atoms with Gasteiger partial charge in [0.2, 0.25) is 0 Å². The van der Waals surface area contributed by atoms with E-state index < -0.39 is 0 Å². The van der Waals surface area contributed by atoms with Gasteiger partial charge in [-0.15, -0.1) is 13.2 Å². The molecule has 0 fully saturated rings. The molecule has 0 heteroatoms. The second kappa shape index (κ2) is 30.4. The SMILES string of the molecule is C=C.C=C/C=C(\C=C/C)c1ccc(-c2cccc(C(C)CC)c2-c2ccccc2C)cc1.CC.CC.CCC(C)c1ccc(-c2ccccc2)cc1.Cc1ccccc1. The Bertz CT molecular complexity index is 2040. The molecule has 6 aromatic carbocycles. The molecular weight excluding hydrogens is 709 g/mol. The summed E-state index contributed by atoms with van der Waals surface area (Å²) in [6.07, 6.45) is 10.4. The van der Waals surface area contributed by atoms with E-state index in [1.165, 1.54) is 73.2 Å². The summed E-state index contributed by atoms with van der Waals surface area (Å²) < 4.78 is 0. The van der Waals surface area contributed by atoms with Gasteiger partial charge in [0.1, 0.15) is 0 Å². The Labute approximate surface area is 361 Å². The Morgan fingerprint density at radius 2 is 1.03 bits per heavy atom. The first kappa shape index (κ1) is 51.3. The van der Waals surface area contributed by atoms with Gasteiger partial charge in [-0.3, -0.25) is 0 Å². The largest absolute Gasteiger partial charge is 0.106 e. The maximum absolute atomic E-state index is 3.85. The van der Waals surface area contributed by atoms with E-state index in [2.05, 4.69) is 213 Å². The Balaban J connectivity index is 0.000000497. The Morgan fingerprint density at radius 3 is 1.53 bits per heavy atom. The van der Waals surface area contributed by atoms with E-state index in [-0.39, 0.29) is 0 Å². The predicted molar refractivity (Wildman–Crippen MR) is 269 cm³/mol. The average Bonchev–Trinajstić information content (AvgIpc) is 3.31. The normalized spacial score (nSPS) is 11.2. The van der Waals surface area contributed by atoms with Crippen LogP contribution in [0.15, 0.2) is 196 Å². The Kier molecular flexibility index (Phi) is 26.4. The molecule has 0 saturated carbocycles. The molecule has 2 atom stereocenters. The quantitative estimate of drug-likeness (QED) is 0.0959. The van der Waals surface area contributed by atoms with Crippen LogP contribution in [0, 0.1) is 13.8 Å². The first-order valence-electron chi connectivity index (χ1n) is 21.7. The first-order chi connectivity index (χ1) is 28.8. The maximum atomic E-state index is 3.85. The van der Waals surface area contributed by atoms with Crippen LogP contribution in [0.2, 0.25) is 0 Å². The molecule has 0 aliphatic heterocycles. The van der Waals surface area contributed by atoms with Crippen LogP contribution in [0.1, 0.15) is 115 Å². The van der Waals surface area contributed by atoms with Crippen molar-refractivity contribution in [1.82, 2.24) is 0 Å². The predicted octanol–water partition coefficient (Wildman–Crippen LogP) is 18.7. The standard InChI is InChI=1S/C30H32.C16H18.C7H8.2C2H6.C2H4/c1-6-12-24(13-7-2)25-18-20-26(21-19-25)29-17-11-16-27(22(4)8-3)30(29)28-15-10-9-14-23(28)5;1-3-13(2)14-9-11-16(12-10-14)15-7-5-4-6-8-15;1-7-5-3-2-4-6-7;3*1-2/h6-7,9-22H,1,8H2,2-5H3;4-13H,3H2,1-2H3;2-6H,1H3;2*1-2H3;1-2H2/b13-7-,24-12+;;;;;. The fourth-order valence-electron chi connectivity index (χ4n) is 6.40. The number of benzene rings is 6. The van der Waals surface area contributed by atoms with Crippen molar-refractivity contribution in [1.29, 1.82) is 0 Å². The second-order valence-electron chi connectivity index (χ2n) is 13.8. The molecule has 0 saturated heterocycles. The zero-order chi connectivity index (χ0) is 44.0. The van der Waals surface area contributed by atoms with E-state index in [9.17, 15) is 0 Å². The lowest BCUT2D eigenvalue weighted by Gasteiger charge is -2.21. The van der Waals surface area contributed by atoms with Gasteiger partial charge in [0.05, 0.1) is 0 Å². The van der Waals surface area contributed by atoms with Crippen molar-refractivity contribution in [3.8, 4) is 33.4 Å². The summed E-state index contributed by atoms with van der Waals surface area (Å²) in [5.41, 5.74) is 15.7. The summed E-state index contributed by atoms with van der Waals surface area (Å²) >= 11 is 0. The minimum absolute atomic E-state index is 0.510. The van der Waals surface area contributed by atoms with E-state index in [1.807, 2.05) is 58.9 Å². The van der Waals surface area contributed by atoms with Crippen LogP contribution in [-0.4, -0.2) is 0 Å². The number of hydrogen-bond donors (Lipinski definition) is 0. The number of hydrogen-bond acceptors (Lipinski definition) is 0. The lowest BCUT2D eigenvalue weighted by Crippen LogP contribution is -1.99. The molecule has 6 aromatic rings. The molecule has 6 rings (SSSR count). The van der Waals surface area contributed by atoms with E-state index >= 15 is 0 Å². The minimum atomic E-state index is 0.510. The van der Waals surface area contributed by atoms with Crippen molar-refractivity contribution >= 4 is 5.57 Å². The topological polar surface area (TPSA) is 0 Å². The number of allylic oxidation sites excluding steroid dienone is 5. The van der Waals surface area contributed by atoms with Gasteiger partial charge in [0.15, 0.2) is 0 Å². The highest BCUT2D eigenvalue weighted by atomic mass is 14.2. The molecular formula is C59H74. The molecule has 0 radical (unpaired) electrons. The zero-order valence-corrected chi connectivity index (χ0v) is 38.4. The van der Waals surface area contributed by atoms with Crippen LogP contribution in [0.5, 0.6) is 0 Å². The zero-order valence-electron chi connectivity index (χ0n) is 38.4. The summed E-state index contributed by atoms with van der Waals surface area (Å²) in [5.74, 6) is 1.17. The van der Waals surface area contributed by atoms with E-state index in [0.29, 0.717) is 11.8 Å². The molecule has 0 heterocycles. The summed E-state index contributed by atoms with van der Waals surface area (Å²) in [7, 11) is 0. The smallest absolute Gasteiger partial charge is 0.00679 e. The van der Waals surface area contributed by atoms with E-state index in [0.717, 1.165) is 6.42 Å². The highest BCUT2D eigenvalue weighted by Gasteiger charge is 2.17. The van der Waals surface area contributed by atoms with Crippen LogP contribution in [-0.2, 0) is 0 Å². The van der Waals surface area contributed by atoms with Gasteiger partial charge in [-0.05, 0) is 107 Å². The van der Waals surface area contributed by atoms with Gasteiger partial charge in [0, 0.05) is 0 Å². The molecule has 0 nitrogen and oxygen atoms in total. The molecule has 59 heavy (non-hydrogen) atoms. The van der Waals surface area contributed by atoms with Crippen molar-refractivity contribution in [3.63, 3.8) is 0 Å². The van der Waals surface area contributed by atoms with E-state index in [1.54, 1.807) is 0 Å². The Morgan fingerprint density at radius 1 is 0.542 bits per heavy atom. The first-order valence-corrected chi connectivity index (χ1v) is 21.7. The third kappa shape index (κ3) is 16.6. The lowest BCUT2D eigenvalue weighted by molar-refractivity contribution is 0.734. The molecule has 0 aromatic heterocycles. The van der Waals surface area contributed by atoms with Gasteiger partial charge >= 0.3 is 0 Å². The number of aryl methyl sites for hydroxylation is 2. The fraction of sp³-hybridized carbons (Fsp3) is 0.254. The summed E-state index contributed by atoms with van der Waals surface area (Å²) in [5, 5.41) is 0. The van der Waals surface area contributed by atoms with Gasteiger partial charge in [-0.1, -0.05) is 243 Å². The Hall–Kier alpha value is -5.72. The van der Waals surface area contributed by atoms with Crippen molar-refractivity contribution in [3.05, 3.63) is 224 Å².